The fraction of sp³-hybridized carbons (Fsp3) is 0.714. The zero-order valence-electron chi connectivity index (χ0n) is 5.55. The molecule has 2 nitrogen and oxygen atoms in total. The Morgan fingerprint density at radius 3 is 2.44 bits per heavy atom. The van der Waals surface area contributed by atoms with Gasteiger partial charge >= 0.3 is 0 Å². The summed E-state index contributed by atoms with van der Waals surface area (Å²) in [6, 6.07) is 0. The molecule has 0 spiro atoms. The van der Waals surface area contributed by atoms with E-state index in [1.807, 2.05) is 6.08 Å². The summed E-state index contributed by atoms with van der Waals surface area (Å²) < 4.78 is 0. The molecule has 0 N–H and O–H groups in total. The maximum Gasteiger partial charge on any atom is -0.0139 e. The smallest absolute Gasteiger partial charge is 0.0139 e. The van der Waals surface area contributed by atoms with Crippen LogP contribution in [0.15, 0.2) is 12.7 Å². The first kappa shape index (κ1) is 6.78. The van der Waals surface area contributed by atoms with E-state index < -0.39 is 0 Å². The zero-order valence-corrected chi connectivity index (χ0v) is 5.55. The molecule has 0 atom stereocenters. The summed E-state index contributed by atoms with van der Waals surface area (Å²) >= 11 is 0. The SMILES string of the molecule is C=CC1CCN([O-])CC1. The summed E-state index contributed by atoms with van der Waals surface area (Å²) in [6.07, 6.45) is 3.94. The van der Waals surface area contributed by atoms with Gasteiger partial charge in [-0.05, 0) is 31.8 Å². The minimum Gasteiger partial charge on any atom is -0.785 e. The van der Waals surface area contributed by atoms with Crippen molar-refractivity contribution < 1.29 is 0 Å². The largest absolute Gasteiger partial charge is 0.785 e. The Labute approximate surface area is 55.7 Å². The summed E-state index contributed by atoms with van der Waals surface area (Å²) in [5, 5.41) is 11.7. The highest BCUT2D eigenvalue weighted by atomic mass is 16.5. The molecule has 0 saturated carbocycles. The Morgan fingerprint density at radius 2 is 2.00 bits per heavy atom. The van der Waals surface area contributed by atoms with Crippen molar-refractivity contribution in [1.29, 1.82) is 0 Å². The Bertz CT molecular complexity index is 95.1. The Morgan fingerprint density at radius 1 is 1.44 bits per heavy atom. The molecule has 1 aliphatic rings. The van der Waals surface area contributed by atoms with E-state index in [0.29, 0.717) is 19.0 Å². The lowest BCUT2D eigenvalue weighted by molar-refractivity contribution is 0.272. The number of nitrogens with zero attached hydrogens (tertiary/aromatic N) is 1. The van der Waals surface area contributed by atoms with Crippen LogP contribution >= 0.6 is 0 Å². The lowest BCUT2D eigenvalue weighted by Gasteiger charge is -2.35. The normalized spacial score (nSPS) is 24.1. The minimum atomic E-state index is 0.593. The molecular formula is C7H12NO-. The van der Waals surface area contributed by atoms with Gasteiger partial charge in [0.2, 0.25) is 0 Å². The zero-order chi connectivity index (χ0) is 6.69. The highest BCUT2D eigenvalue weighted by molar-refractivity contribution is 4.84. The third-order valence-electron chi connectivity index (χ3n) is 1.83. The molecule has 0 amide bonds. The predicted molar refractivity (Wildman–Crippen MR) is 37.9 cm³/mol. The molecule has 0 aromatic rings. The van der Waals surface area contributed by atoms with Crippen LogP contribution in [0.25, 0.3) is 0 Å². The maximum absolute atomic E-state index is 10.6. The molecule has 0 bridgehead atoms. The van der Waals surface area contributed by atoms with Gasteiger partial charge in [-0.1, -0.05) is 6.08 Å². The van der Waals surface area contributed by atoms with E-state index in [2.05, 4.69) is 6.58 Å². The van der Waals surface area contributed by atoms with Gasteiger partial charge in [0.1, 0.15) is 0 Å². The molecule has 52 valence electrons. The average molecular weight is 126 g/mol. The van der Waals surface area contributed by atoms with Crippen LogP contribution in [-0.4, -0.2) is 18.2 Å². The molecule has 1 aliphatic heterocycles. The number of hydroxylamine groups is 2. The van der Waals surface area contributed by atoms with E-state index in [9.17, 15) is 5.21 Å². The van der Waals surface area contributed by atoms with Gasteiger partial charge in [0.05, 0.1) is 0 Å². The van der Waals surface area contributed by atoms with Gasteiger partial charge in [0.25, 0.3) is 0 Å². The highest BCUT2D eigenvalue weighted by Crippen LogP contribution is 2.16. The van der Waals surface area contributed by atoms with Crippen molar-refractivity contribution in [2.45, 2.75) is 12.8 Å². The first-order chi connectivity index (χ1) is 4.33. The topological polar surface area (TPSA) is 26.3 Å². The Kier molecular flexibility index (Phi) is 2.25. The number of hydrogen-bond donors (Lipinski definition) is 0. The summed E-state index contributed by atoms with van der Waals surface area (Å²) in [6.45, 7) is 5.07. The van der Waals surface area contributed by atoms with Gasteiger partial charge in [-0.2, -0.15) is 0 Å². The lowest BCUT2D eigenvalue weighted by Crippen LogP contribution is -2.27. The van der Waals surface area contributed by atoms with E-state index in [4.69, 9.17) is 0 Å². The van der Waals surface area contributed by atoms with Gasteiger partial charge in [-0.15, -0.1) is 6.58 Å². The van der Waals surface area contributed by atoms with Gasteiger partial charge in [0.15, 0.2) is 0 Å². The standard InChI is InChI=1S/C7H12NO/c1-2-7-3-5-8(9)6-4-7/h2,7H,1,3-6H2/q-1. The summed E-state index contributed by atoms with van der Waals surface area (Å²) in [7, 11) is 0. The third-order valence-corrected chi connectivity index (χ3v) is 1.83. The second-order valence-corrected chi connectivity index (χ2v) is 2.50. The van der Waals surface area contributed by atoms with E-state index in [0.717, 1.165) is 17.9 Å². The van der Waals surface area contributed by atoms with E-state index >= 15 is 0 Å². The van der Waals surface area contributed by atoms with Crippen LogP contribution in [-0.2, 0) is 0 Å². The quantitative estimate of drug-likeness (QED) is 0.496. The highest BCUT2D eigenvalue weighted by Gasteiger charge is 2.09. The average Bonchev–Trinajstić information content (AvgIpc) is 1.90. The molecule has 1 rings (SSSR count). The van der Waals surface area contributed by atoms with Crippen molar-refractivity contribution in [2.24, 2.45) is 5.92 Å². The summed E-state index contributed by atoms with van der Waals surface area (Å²) in [5.41, 5.74) is 0. The molecule has 0 aromatic carbocycles. The van der Waals surface area contributed by atoms with Gasteiger partial charge in [-0.3, -0.25) is 0 Å². The fourth-order valence-electron chi connectivity index (χ4n) is 1.11. The molecule has 1 saturated heterocycles. The maximum atomic E-state index is 10.6. The molecule has 2 heteroatoms. The Balaban J connectivity index is 2.26. The van der Waals surface area contributed by atoms with Crippen molar-refractivity contribution in [3.63, 3.8) is 0 Å². The molecule has 0 aromatic heterocycles. The van der Waals surface area contributed by atoms with Crippen LogP contribution in [0.3, 0.4) is 0 Å². The molecule has 1 heterocycles. The monoisotopic (exact) mass is 126 g/mol. The lowest BCUT2D eigenvalue weighted by atomic mass is 9.98. The Hall–Kier alpha value is -0.340. The van der Waals surface area contributed by atoms with Gasteiger partial charge < -0.3 is 10.3 Å². The van der Waals surface area contributed by atoms with Crippen LogP contribution in [0.2, 0.25) is 0 Å². The summed E-state index contributed by atoms with van der Waals surface area (Å²) in [4.78, 5) is 0. The third kappa shape index (κ3) is 1.80. The van der Waals surface area contributed by atoms with Crippen LogP contribution in [0.5, 0.6) is 0 Å². The molecule has 0 aliphatic carbocycles. The number of allylic oxidation sites excluding steroid dienone is 1. The number of hydrogen-bond acceptors (Lipinski definition) is 2. The first-order valence-electron chi connectivity index (χ1n) is 3.37. The molecular weight excluding hydrogens is 114 g/mol. The van der Waals surface area contributed by atoms with Crippen molar-refractivity contribution >= 4 is 0 Å². The molecule has 0 radical (unpaired) electrons. The van der Waals surface area contributed by atoms with Crippen molar-refractivity contribution in [3.8, 4) is 0 Å². The van der Waals surface area contributed by atoms with Crippen LogP contribution < -0.4 is 0 Å². The first-order valence-corrected chi connectivity index (χ1v) is 3.37. The minimum absolute atomic E-state index is 0.593. The van der Waals surface area contributed by atoms with Crippen LogP contribution in [0, 0.1) is 11.1 Å². The van der Waals surface area contributed by atoms with Crippen molar-refractivity contribution in [2.75, 3.05) is 13.1 Å². The molecule has 9 heavy (non-hydrogen) atoms. The number of rotatable bonds is 1. The van der Waals surface area contributed by atoms with Crippen LogP contribution in [0.4, 0.5) is 0 Å². The predicted octanol–water partition coefficient (Wildman–Crippen LogP) is 1.38. The molecule has 1 fully saturated rings. The number of piperidine rings is 1. The van der Waals surface area contributed by atoms with Crippen molar-refractivity contribution in [3.05, 3.63) is 17.9 Å². The van der Waals surface area contributed by atoms with Crippen molar-refractivity contribution in [1.82, 2.24) is 5.06 Å². The van der Waals surface area contributed by atoms with Crippen LogP contribution in [0.1, 0.15) is 12.8 Å². The fourth-order valence-corrected chi connectivity index (χ4v) is 1.11. The van der Waals surface area contributed by atoms with Gasteiger partial charge in [-0.25, -0.2) is 0 Å². The van der Waals surface area contributed by atoms with E-state index in [1.165, 1.54) is 0 Å². The second kappa shape index (κ2) is 2.99. The van der Waals surface area contributed by atoms with E-state index in [-0.39, 0.29) is 0 Å². The summed E-state index contributed by atoms with van der Waals surface area (Å²) in [5.74, 6) is 0.593. The van der Waals surface area contributed by atoms with Gasteiger partial charge in [0, 0.05) is 0 Å². The van der Waals surface area contributed by atoms with E-state index in [1.54, 1.807) is 0 Å². The molecule has 0 unspecified atom stereocenters. The second-order valence-electron chi connectivity index (χ2n) is 2.50.